The molecule has 0 aromatic rings. The molecule has 1 radical (unpaired) electrons. The molecule has 13 heavy (non-hydrogen) atoms. The molecule has 77 valence electrons. The molecule has 0 amide bonds. The van der Waals surface area contributed by atoms with Gasteiger partial charge in [0.2, 0.25) is 0 Å². The minimum absolute atomic E-state index is 0.0876. The van der Waals surface area contributed by atoms with Gasteiger partial charge >= 0.3 is 0 Å². The Bertz CT molecular complexity index is 108. The molecule has 0 saturated carbocycles. The van der Waals surface area contributed by atoms with Gasteiger partial charge in [-0.1, -0.05) is 38.3 Å². The number of allylic oxidation sites excluding steroid dienone is 2. The highest BCUT2D eigenvalue weighted by Gasteiger charge is 1.85. The first-order chi connectivity index (χ1) is 6.41. The van der Waals surface area contributed by atoms with Gasteiger partial charge in [0, 0.05) is 0 Å². The zero-order valence-corrected chi connectivity index (χ0v) is 8.93. The van der Waals surface area contributed by atoms with Gasteiger partial charge in [-0.2, -0.15) is 0 Å². The van der Waals surface area contributed by atoms with Gasteiger partial charge < -0.3 is 0 Å². The molecule has 0 aliphatic carbocycles. The summed E-state index contributed by atoms with van der Waals surface area (Å²) in [6.07, 6.45) is 14.1. The van der Waals surface area contributed by atoms with Gasteiger partial charge in [0.05, 0.1) is 6.61 Å². The van der Waals surface area contributed by atoms with Gasteiger partial charge in [-0.25, -0.2) is 5.11 Å². The molecule has 0 aliphatic rings. The van der Waals surface area contributed by atoms with Crippen LogP contribution < -0.4 is 0 Å². The highest BCUT2D eigenvalue weighted by molar-refractivity contribution is 4.81. The van der Waals surface area contributed by atoms with Gasteiger partial charge in [0.25, 0.3) is 0 Å². The standard InChI is InChI=1S/C12H23O/c1-2-3-4-5-6-7-8-9-10-11-12-13/h7-8H,2-6,9-12H2,1H3/b8-7+. The second-order valence-electron chi connectivity index (χ2n) is 3.52. The van der Waals surface area contributed by atoms with Crippen LogP contribution in [0.1, 0.15) is 58.3 Å². The fourth-order valence-corrected chi connectivity index (χ4v) is 1.29. The molecule has 1 heteroatoms. The molecule has 0 aromatic heterocycles. The zero-order valence-electron chi connectivity index (χ0n) is 8.93. The molecule has 0 aromatic carbocycles. The van der Waals surface area contributed by atoms with E-state index in [1.54, 1.807) is 0 Å². The Labute approximate surface area is 82.9 Å². The third-order valence-corrected chi connectivity index (χ3v) is 2.16. The van der Waals surface area contributed by atoms with Crippen molar-refractivity contribution in [2.75, 3.05) is 6.61 Å². The fourth-order valence-electron chi connectivity index (χ4n) is 1.29. The quantitative estimate of drug-likeness (QED) is 0.378. The Kier molecular flexibility index (Phi) is 11.4. The first-order valence-electron chi connectivity index (χ1n) is 5.65. The zero-order chi connectivity index (χ0) is 9.78. The van der Waals surface area contributed by atoms with Gasteiger partial charge in [-0.05, 0) is 32.1 Å². The van der Waals surface area contributed by atoms with Crippen LogP contribution in [0.2, 0.25) is 0 Å². The fraction of sp³-hybridized carbons (Fsp3) is 0.833. The average Bonchev–Trinajstić information content (AvgIpc) is 2.16. The molecular weight excluding hydrogens is 160 g/mol. The lowest BCUT2D eigenvalue weighted by Crippen LogP contribution is -1.78. The Morgan fingerprint density at radius 3 is 2.00 bits per heavy atom. The summed E-state index contributed by atoms with van der Waals surface area (Å²) in [5.74, 6) is 0. The van der Waals surface area contributed by atoms with Crippen molar-refractivity contribution in [3.63, 3.8) is 0 Å². The summed E-state index contributed by atoms with van der Waals surface area (Å²) >= 11 is 0. The molecule has 0 spiro atoms. The van der Waals surface area contributed by atoms with Crippen LogP contribution in [0.4, 0.5) is 0 Å². The number of unbranched alkanes of at least 4 members (excludes halogenated alkanes) is 6. The van der Waals surface area contributed by atoms with Crippen molar-refractivity contribution >= 4 is 0 Å². The van der Waals surface area contributed by atoms with Crippen molar-refractivity contribution in [3.8, 4) is 0 Å². The average molecular weight is 183 g/mol. The molecule has 0 bridgehead atoms. The van der Waals surface area contributed by atoms with E-state index in [0.29, 0.717) is 0 Å². The second kappa shape index (κ2) is 11.7. The second-order valence-corrected chi connectivity index (χ2v) is 3.52. The van der Waals surface area contributed by atoms with E-state index in [-0.39, 0.29) is 6.61 Å². The van der Waals surface area contributed by atoms with Gasteiger partial charge in [-0.3, -0.25) is 0 Å². The van der Waals surface area contributed by atoms with Gasteiger partial charge in [0.1, 0.15) is 0 Å². The maximum Gasteiger partial charge on any atom is 0.0822 e. The Morgan fingerprint density at radius 2 is 1.46 bits per heavy atom. The summed E-state index contributed by atoms with van der Waals surface area (Å²) in [5.41, 5.74) is 0. The molecule has 0 heterocycles. The van der Waals surface area contributed by atoms with E-state index in [9.17, 15) is 5.11 Å². The van der Waals surface area contributed by atoms with Crippen LogP contribution in [-0.4, -0.2) is 6.61 Å². The van der Waals surface area contributed by atoms with Crippen LogP contribution in [0, 0.1) is 0 Å². The van der Waals surface area contributed by atoms with Crippen molar-refractivity contribution in [2.45, 2.75) is 58.3 Å². The lowest BCUT2D eigenvalue weighted by Gasteiger charge is -1.94. The Morgan fingerprint density at radius 1 is 0.846 bits per heavy atom. The summed E-state index contributed by atoms with van der Waals surface area (Å²) < 4.78 is 0. The van der Waals surface area contributed by atoms with E-state index in [1.807, 2.05) is 0 Å². The van der Waals surface area contributed by atoms with E-state index >= 15 is 0 Å². The van der Waals surface area contributed by atoms with Crippen molar-refractivity contribution in [3.05, 3.63) is 12.2 Å². The number of hydrogen-bond donors (Lipinski definition) is 0. The molecule has 0 saturated heterocycles. The van der Waals surface area contributed by atoms with Crippen LogP contribution in [0.15, 0.2) is 12.2 Å². The van der Waals surface area contributed by atoms with Crippen molar-refractivity contribution in [1.29, 1.82) is 0 Å². The molecule has 0 aliphatic heterocycles. The third-order valence-electron chi connectivity index (χ3n) is 2.16. The van der Waals surface area contributed by atoms with Gasteiger partial charge in [-0.15, -0.1) is 0 Å². The monoisotopic (exact) mass is 183 g/mol. The lowest BCUT2D eigenvalue weighted by atomic mass is 10.1. The van der Waals surface area contributed by atoms with E-state index in [1.165, 1.54) is 32.1 Å². The summed E-state index contributed by atoms with van der Waals surface area (Å²) in [6, 6.07) is 0. The highest BCUT2D eigenvalue weighted by atomic mass is 16.2. The van der Waals surface area contributed by atoms with E-state index in [4.69, 9.17) is 0 Å². The van der Waals surface area contributed by atoms with Crippen LogP contribution in [0.5, 0.6) is 0 Å². The van der Waals surface area contributed by atoms with Crippen molar-refractivity contribution < 1.29 is 5.11 Å². The smallest absolute Gasteiger partial charge is 0.0822 e. The maximum atomic E-state index is 10.1. The van der Waals surface area contributed by atoms with Crippen molar-refractivity contribution in [1.82, 2.24) is 0 Å². The molecule has 0 N–H and O–H groups in total. The SMILES string of the molecule is CCCCCC/C=C/CCCC[O]. The molecule has 0 atom stereocenters. The first kappa shape index (κ1) is 12.7. The maximum absolute atomic E-state index is 10.1. The topological polar surface area (TPSA) is 19.9 Å². The van der Waals surface area contributed by atoms with Crippen LogP contribution >= 0.6 is 0 Å². The lowest BCUT2D eigenvalue weighted by molar-refractivity contribution is 0.187. The van der Waals surface area contributed by atoms with Crippen LogP contribution in [-0.2, 0) is 5.11 Å². The van der Waals surface area contributed by atoms with E-state index in [0.717, 1.165) is 19.3 Å². The summed E-state index contributed by atoms with van der Waals surface area (Å²) in [4.78, 5) is 0. The van der Waals surface area contributed by atoms with Gasteiger partial charge in [0.15, 0.2) is 0 Å². The van der Waals surface area contributed by atoms with Crippen LogP contribution in [0.25, 0.3) is 0 Å². The third kappa shape index (κ3) is 11.7. The largest absolute Gasteiger partial charge is 0.237 e. The Balaban J connectivity index is 2.95. The van der Waals surface area contributed by atoms with E-state index in [2.05, 4.69) is 19.1 Å². The molecule has 0 rings (SSSR count). The predicted molar refractivity (Wildman–Crippen MR) is 57.3 cm³/mol. The molecule has 0 unspecified atom stereocenters. The molecular formula is C12H23O. The number of hydrogen-bond acceptors (Lipinski definition) is 0. The summed E-state index contributed by atoms with van der Waals surface area (Å²) in [5, 5.41) is 10.1. The minimum atomic E-state index is 0.0876. The van der Waals surface area contributed by atoms with E-state index < -0.39 is 0 Å². The number of rotatable bonds is 9. The predicted octanol–water partition coefficient (Wildman–Crippen LogP) is 4.11. The molecule has 1 nitrogen and oxygen atoms in total. The summed E-state index contributed by atoms with van der Waals surface area (Å²) in [7, 11) is 0. The highest BCUT2D eigenvalue weighted by Crippen LogP contribution is 2.04. The Hall–Kier alpha value is -0.300. The normalized spacial score (nSPS) is 11.2. The van der Waals surface area contributed by atoms with Crippen molar-refractivity contribution in [2.24, 2.45) is 0 Å². The first-order valence-corrected chi connectivity index (χ1v) is 5.65. The summed E-state index contributed by atoms with van der Waals surface area (Å²) in [6.45, 7) is 2.32. The molecule has 0 fully saturated rings. The van der Waals surface area contributed by atoms with Crippen LogP contribution in [0.3, 0.4) is 0 Å². The minimum Gasteiger partial charge on any atom is -0.237 e.